The Balaban J connectivity index is 1.71. The molecule has 0 aromatic carbocycles. The summed E-state index contributed by atoms with van der Waals surface area (Å²) >= 11 is 0. The first-order chi connectivity index (χ1) is 11.8. The zero-order valence-corrected chi connectivity index (χ0v) is 17.4. The number of allylic oxidation sites excluding steroid dienone is 3. The van der Waals surface area contributed by atoms with Crippen LogP contribution in [0.15, 0.2) is 23.3 Å². The number of fused-ring (bicyclic) bond motifs is 3. The number of rotatable bonds is 1. The van der Waals surface area contributed by atoms with Crippen molar-refractivity contribution in [2.45, 2.75) is 86.0 Å². The molecule has 0 unspecified atom stereocenters. The molecule has 0 saturated heterocycles. The van der Waals surface area contributed by atoms with E-state index in [1.165, 1.54) is 51.4 Å². The van der Waals surface area contributed by atoms with E-state index in [9.17, 15) is 0 Å². The normalized spacial score (nSPS) is 47.4. The molecule has 0 spiro atoms. The van der Waals surface area contributed by atoms with Gasteiger partial charge in [-0.2, -0.15) is 0 Å². The predicted molar refractivity (Wildman–Crippen MR) is 108 cm³/mol. The Morgan fingerprint density at radius 2 is 1.80 bits per heavy atom. The van der Waals surface area contributed by atoms with Crippen molar-refractivity contribution in [1.29, 1.82) is 0 Å². The molecule has 4 aliphatic rings. The Labute approximate surface area is 156 Å². The van der Waals surface area contributed by atoms with Crippen LogP contribution in [-0.2, 0) is 0 Å². The van der Waals surface area contributed by atoms with Gasteiger partial charge in [-0.1, -0.05) is 51.0 Å². The molecule has 140 valence electrons. The molecule has 0 heterocycles. The summed E-state index contributed by atoms with van der Waals surface area (Å²) in [5, 5.41) is 0. The van der Waals surface area contributed by atoms with Crippen molar-refractivity contribution in [3.8, 4) is 0 Å². The summed E-state index contributed by atoms with van der Waals surface area (Å²) in [7, 11) is 0. The minimum Gasteiger partial charge on any atom is -0.0996 e. The fourth-order valence-corrected chi connectivity index (χ4v) is 7.73. The molecule has 0 nitrogen and oxygen atoms in total. The minimum atomic E-state index is 0.589. The van der Waals surface area contributed by atoms with Crippen LogP contribution in [0, 0.1) is 46.8 Å². The van der Waals surface area contributed by atoms with Crippen LogP contribution in [0.1, 0.15) is 86.0 Å². The molecule has 4 rings (SSSR count). The van der Waals surface area contributed by atoms with E-state index in [1.54, 1.807) is 5.57 Å². The minimum absolute atomic E-state index is 0.589. The lowest BCUT2D eigenvalue weighted by atomic mass is 9.55. The summed E-state index contributed by atoms with van der Waals surface area (Å²) in [4.78, 5) is 0. The maximum Gasteiger partial charge on any atom is -0.0135 e. The second-order valence-electron chi connectivity index (χ2n) is 10.9. The van der Waals surface area contributed by atoms with Gasteiger partial charge in [0, 0.05) is 0 Å². The van der Waals surface area contributed by atoms with Gasteiger partial charge in [-0.05, 0) is 105 Å². The Bertz CT molecular complexity index is 579. The summed E-state index contributed by atoms with van der Waals surface area (Å²) in [6, 6.07) is 0. The molecule has 25 heavy (non-hydrogen) atoms. The molecule has 7 atom stereocenters. The zero-order chi connectivity index (χ0) is 17.9. The summed E-state index contributed by atoms with van der Waals surface area (Å²) in [6.45, 7) is 17.2. The van der Waals surface area contributed by atoms with Crippen LogP contribution in [-0.4, -0.2) is 0 Å². The maximum absolute atomic E-state index is 4.65. The van der Waals surface area contributed by atoms with Gasteiger partial charge in [0.25, 0.3) is 0 Å². The van der Waals surface area contributed by atoms with Crippen LogP contribution in [0.4, 0.5) is 0 Å². The van der Waals surface area contributed by atoms with E-state index in [1.807, 2.05) is 11.1 Å². The second kappa shape index (κ2) is 6.28. The number of hydrogen-bond donors (Lipinski definition) is 0. The molecular formula is C25H40. The zero-order valence-electron chi connectivity index (χ0n) is 17.4. The molecule has 0 heteroatoms. The second-order valence-corrected chi connectivity index (χ2v) is 10.9. The lowest BCUT2D eigenvalue weighted by Gasteiger charge is -2.49. The average molecular weight is 341 g/mol. The monoisotopic (exact) mass is 340 g/mol. The SMILES string of the molecule is C=C1CC[C@@H]2C(=C(C)[C@H]3C[C@H]4[C@H](C(C)C)CC[C@]4(C)C[C@H]13)CC[C@@H]2C. The van der Waals surface area contributed by atoms with Crippen LogP contribution in [0.3, 0.4) is 0 Å². The molecule has 4 aliphatic carbocycles. The summed E-state index contributed by atoms with van der Waals surface area (Å²) in [5.41, 5.74) is 5.90. The predicted octanol–water partition coefficient (Wildman–Crippen LogP) is 7.41. The lowest BCUT2D eigenvalue weighted by Crippen LogP contribution is -2.41. The van der Waals surface area contributed by atoms with E-state index < -0.39 is 0 Å². The van der Waals surface area contributed by atoms with Gasteiger partial charge in [0.05, 0.1) is 0 Å². The largest absolute Gasteiger partial charge is 0.0996 e. The first-order valence-corrected chi connectivity index (χ1v) is 11.2. The first kappa shape index (κ1) is 17.9. The topological polar surface area (TPSA) is 0 Å². The molecular weight excluding hydrogens is 300 g/mol. The average Bonchev–Trinajstić information content (AvgIpc) is 3.09. The third-order valence-electron chi connectivity index (χ3n) is 9.36. The van der Waals surface area contributed by atoms with E-state index in [4.69, 9.17) is 0 Å². The summed E-state index contributed by atoms with van der Waals surface area (Å²) < 4.78 is 0. The smallest absolute Gasteiger partial charge is 0.0135 e. The molecule has 3 fully saturated rings. The highest BCUT2D eigenvalue weighted by Crippen LogP contribution is 2.62. The Hall–Kier alpha value is -0.520. The number of hydrogen-bond acceptors (Lipinski definition) is 0. The maximum atomic E-state index is 4.65. The molecule has 0 aromatic heterocycles. The van der Waals surface area contributed by atoms with Gasteiger partial charge < -0.3 is 0 Å². The third-order valence-corrected chi connectivity index (χ3v) is 9.36. The van der Waals surface area contributed by atoms with E-state index >= 15 is 0 Å². The van der Waals surface area contributed by atoms with E-state index in [2.05, 4.69) is 41.2 Å². The first-order valence-electron chi connectivity index (χ1n) is 11.2. The van der Waals surface area contributed by atoms with Crippen molar-refractivity contribution in [3.63, 3.8) is 0 Å². The quantitative estimate of drug-likeness (QED) is 0.436. The van der Waals surface area contributed by atoms with Crippen molar-refractivity contribution in [2.24, 2.45) is 46.8 Å². The van der Waals surface area contributed by atoms with Gasteiger partial charge in [0.2, 0.25) is 0 Å². The van der Waals surface area contributed by atoms with Crippen LogP contribution in [0.5, 0.6) is 0 Å². The fraction of sp³-hybridized carbons (Fsp3) is 0.840. The van der Waals surface area contributed by atoms with Crippen LogP contribution in [0.2, 0.25) is 0 Å². The Morgan fingerprint density at radius 3 is 2.52 bits per heavy atom. The summed E-state index contributed by atoms with van der Waals surface area (Å²) in [5.74, 6) is 6.12. The van der Waals surface area contributed by atoms with Crippen molar-refractivity contribution in [1.82, 2.24) is 0 Å². The molecule has 0 aliphatic heterocycles. The molecule has 0 aromatic rings. The highest BCUT2D eigenvalue weighted by atomic mass is 14.6. The Morgan fingerprint density at radius 1 is 1.04 bits per heavy atom. The molecule has 0 amide bonds. The van der Waals surface area contributed by atoms with Gasteiger partial charge in [-0.25, -0.2) is 0 Å². The standard InChI is InChI=1S/C25H40/c1-15(2)19-11-12-25(6)14-23-17(4)7-9-20-16(3)8-10-21(20)18(5)22(23)13-24(19)25/h15-16,19-20,22-24H,4,7-14H2,1-3,5-6H3/t16-,19-,20-,22+,23+,24-,25+/m0/s1. The van der Waals surface area contributed by atoms with E-state index in [0.717, 1.165) is 41.4 Å². The highest BCUT2D eigenvalue weighted by molar-refractivity contribution is 5.29. The lowest BCUT2D eigenvalue weighted by molar-refractivity contribution is 0.0511. The van der Waals surface area contributed by atoms with Crippen LogP contribution < -0.4 is 0 Å². The molecule has 0 N–H and O–H groups in total. The van der Waals surface area contributed by atoms with E-state index in [0.29, 0.717) is 5.41 Å². The van der Waals surface area contributed by atoms with Gasteiger partial charge in [-0.3, -0.25) is 0 Å². The van der Waals surface area contributed by atoms with E-state index in [-0.39, 0.29) is 0 Å². The molecule has 0 radical (unpaired) electrons. The van der Waals surface area contributed by atoms with Crippen LogP contribution in [0.25, 0.3) is 0 Å². The molecule has 0 bridgehead atoms. The van der Waals surface area contributed by atoms with Gasteiger partial charge >= 0.3 is 0 Å². The van der Waals surface area contributed by atoms with Crippen molar-refractivity contribution < 1.29 is 0 Å². The van der Waals surface area contributed by atoms with Crippen molar-refractivity contribution in [3.05, 3.63) is 23.3 Å². The van der Waals surface area contributed by atoms with Crippen molar-refractivity contribution >= 4 is 0 Å². The highest BCUT2D eigenvalue weighted by Gasteiger charge is 2.53. The Kier molecular flexibility index (Phi) is 4.49. The van der Waals surface area contributed by atoms with Crippen molar-refractivity contribution in [2.75, 3.05) is 0 Å². The van der Waals surface area contributed by atoms with Gasteiger partial charge in [-0.15, -0.1) is 0 Å². The summed E-state index contributed by atoms with van der Waals surface area (Å²) in [6.07, 6.45) is 11.3. The van der Waals surface area contributed by atoms with Crippen LogP contribution >= 0.6 is 0 Å². The molecule has 3 saturated carbocycles. The third kappa shape index (κ3) is 2.78. The fourth-order valence-electron chi connectivity index (χ4n) is 7.73. The van der Waals surface area contributed by atoms with Gasteiger partial charge in [0.1, 0.15) is 0 Å². The van der Waals surface area contributed by atoms with Gasteiger partial charge in [0.15, 0.2) is 0 Å².